The van der Waals surface area contributed by atoms with E-state index >= 15 is 0 Å². The van der Waals surface area contributed by atoms with Gasteiger partial charge in [-0.25, -0.2) is 9.97 Å². The number of hydrogen-bond acceptors (Lipinski definition) is 5. The van der Waals surface area contributed by atoms with Gasteiger partial charge in [0, 0.05) is 32.0 Å². The number of fused-ring (bicyclic) bond motifs is 1. The molecule has 0 aromatic carbocycles. The second kappa shape index (κ2) is 5.30. The average molecular weight is 274 g/mol. The van der Waals surface area contributed by atoms with Crippen molar-refractivity contribution in [1.82, 2.24) is 20.2 Å². The van der Waals surface area contributed by atoms with Crippen molar-refractivity contribution in [2.24, 2.45) is 17.8 Å². The first-order chi connectivity index (χ1) is 9.90. The highest BCUT2D eigenvalue weighted by molar-refractivity contribution is 5.05. The predicted molar refractivity (Wildman–Crippen MR) is 75.5 cm³/mol. The summed E-state index contributed by atoms with van der Waals surface area (Å²) in [5, 5.41) is 3.47. The van der Waals surface area contributed by atoms with Gasteiger partial charge in [-0.3, -0.25) is 0 Å². The molecule has 1 unspecified atom stereocenters. The lowest BCUT2D eigenvalue weighted by molar-refractivity contribution is 0.0886. The van der Waals surface area contributed by atoms with Gasteiger partial charge in [-0.1, -0.05) is 0 Å². The molecule has 0 amide bonds. The summed E-state index contributed by atoms with van der Waals surface area (Å²) in [6, 6.07) is 2.34. The van der Waals surface area contributed by atoms with Crippen LogP contribution in [0, 0.1) is 17.8 Å². The Labute approximate surface area is 119 Å². The summed E-state index contributed by atoms with van der Waals surface area (Å²) in [7, 11) is 0. The lowest BCUT2D eigenvalue weighted by atomic mass is 10.1. The van der Waals surface area contributed by atoms with E-state index in [-0.39, 0.29) is 6.10 Å². The number of hydrogen-bond donors (Lipinski definition) is 1. The van der Waals surface area contributed by atoms with Gasteiger partial charge in [0.1, 0.15) is 6.10 Å². The highest BCUT2D eigenvalue weighted by Crippen LogP contribution is 2.49. The van der Waals surface area contributed by atoms with Crippen LogP contribution in [0.4, 0.5) is 0 Å². The summed E-state index contributed by atoms with van der Waals surface area (Å²) < 4.78 is 5.84. The van der Waals surface area contributed by atoms with Crippen LogP contribution in [0.1, 0.15) is 12.8 Å². The molecule has 0 bridgehead atoms. The van der Waals surface area contributed by atoms with Gasteiger partial charge in [0.25, 0.3) is 0 Å². The zero-order chi connectivity index (χ0) is 13.4. The van der Waals surface area contributed by atoms with Crippen LogP contribution in [-0.4, -0.2) is 53.7 Å². The van der Waals surface area contributed by atoms with Gasteiger partial charge < -0.3 is 15.0 Å². The van der Waals surface area contributed by atoms with Crippen molar-refractivity contribution in [3.8, 4) is 6.01 Å². The predicted octanol–water partition coefficient (Wildman–Crippen LogP) is 0.785. The highest BCUT2D eigenvalue weighted by atomic mass is 16.5. The van der Waals surface area contributed by atoms with Gasteiger partial charge in [0.05, 0.1) is 0 Å². The van der Waals surface area contributed by atoms with Crippen LogP contribution in [-0.2, 0) is 0 Å². The summed E-state index contributed by atoms with van der Waals surface area (Å²) in [6.07, 6.45) is 5.94. The molecule has 108 valence electrons. The third kappa shape index (κ3) is 2.52. The molecule has 2 saturated heterocycles. The molecule has 1 aromatic rings. The second-order valence-corrected chi connectivity index (χ2v) is 6.30. The van der Waals surface area contributed by atoms with Crippen molar-refractivity contribution in [1.29, 1.82) is 0 Å². The molecule has 1 N–H and O–H groups in total. The monoisotopic (exact) mass is 274 g/mol. The van der Waals surface area contributed by atoms with Crippen molar-refractivity contribution in [3.63, 3.8) is 0 Å². The molecule has 3 fully saturated rings. The standard InChI is InChI=1S/C15H22N4O/c1-4-17-15(18-5-1)20-11-2-6-19(7-3-11)10-14-12-8-16-9-13(12)14/h1,4-5,11-14,16H,2-3,6-10H2/t12-,13+,14?. The van der Waals surface area contributed by atoms with Crippen LogP contribution in [0.15, 0.2) is 18.5 Å². The Balaban J connectivity index is 1.22. The molecule has 0 radical (unpaired) electrons. The molecule has 3 heterocycles. The molecule has 1 saturated carbocycles. The van der Waals surface area contributed by atoms with Crippen LogP contribution >= 0.6 is 0 Å². The summed E-state index contributed by atoms with van der Waals surface area (Å²) in [6.45, 7) is 6.10. The Morgan fingerprint density at radius 3 is 2.55 bits per heavy atom. The minimum atomic E-state index is 0.286. The Hall–Kier alpha value is -1.20. The Morgan fingerprint density at radius 2 is 1.85 bits per heavy atom. The quantitative estimate of drug-likeness (QED) is 0.879. The minimum absolute atomic E-state index is 0.286. The third-order valence-corrected chi connectivity index (χ3v) is 5.09. The number of nitrogens with zero attached hydrogens (tertiary/aromatic N) is 3. The van der Waals surface area contributed by atoms with E-state index in [1.54, 1.807) is 12.4 Å². The van der Waals surface area contributed by atoms with Crippen molar-refractivity contribution < 1.29 is 4.74 Å². The number of aromatic nitrogens is 2. The van der Waals surface area contributed by atoms with E-state index in [1.165, 1.54) is 19.6 Å². The minimum Gasteiger partial charge on any atom is -0.460 e. The zero-order valence-corrected chi connectivity index (χ0v) is 11.7. The van der Waals surface area contributed by atoms with Crippen molar-refractivity contribution in [3.05, 3.63) is 18.5 Å². The smallest absolute Gasteiger partial charge is 0.316 e. The molecule has 3 atom stereocenters. The topological polar surface area (TPSA) is 50.3 Å². The maximum absolute atomic E-state index is 5.84. The van der Waals surface area contributed by atoms with E-state index in [4.69, 9.17) is 4.74 Å². The maximum atomic E-state index is 5.84. The first-order valence-corrected chi connectivity index (χ1v) is 7.77. The second-order valence-electron chi connectivity index (χ2n) is 6.30. The lowest BCUT2D eigenvalue weighted by Crippen LogP contribution is -2.40. The lowest BCUT2D eigenvalue weighted by Gasteiger charge is -2.32. The molecule has 4 rings (SSSR count). The van der Waals surface area contributed by atoms with E-state index in [2.05, 4.69) is 20.2 Å². The largest absolute Gasteiger partial charge is 0.460 e. The first-order valence-electron chi connectivity index (χ1n) is 7.77. The third-order valence-electron chi connectivity index (χ3n) is 5.09. The molecule has 5 heteroatoms. The van der Waals surface area contributed by atoms with Crippen LogP contribution < -0.4 is 10.1 Å². The van der Waals surface area contributed by atoms with E-state index in [0.717, 1.165) is 43.7 Å². The molecule has 2 aliphatic heterocycles. The average Bonchev–Trinajstić information content (AvgIpc) is 2.93. The van der Waals surface area contributed by atoms with Gasteiger partial charge >= 0.3 is 6.01 Å². The highest BCUT2D eigenvalue weighted by Gasteiger charge is 2.52. The van der Waals surface area contributed by atoms with Crippen molar-refractivity contribution >= 4 is 0 Å². The molecule has 3 aliphatic rings. The zero-order valence-electron chi connectivity index (χ0n) is 11.7. The van der Waals surface area contributed by atoms with E-state index in [9.17, 15) is 0 Å². The molecule has 5 nitrogen and oxygen atoms in total. The molecule has 0 spiro atoms. The Morgan fingerprint density at radius 1 is 1.15 bits per heavy atom. The fourth-order valence-corrected chi connectivity index (χ4v) is 3.82. The van der Waals surface area contributed by atoms with Crippen molar-refractivity contribution in [2.45, 2.75) is 18.9 Å². The fraction of sp³-hybridized carbons (Fsp3) is 0.733. The van der Waals surface area contributed by atoms with Crippen LogP contribution in [0.2, 0.25) is 0 Å². The summed E-state index contributed by atoms with van der Waals surface area (Å²) in [5.74, 6) is 2.91. The van der Waals surface area contributed by atoms with Gasteiger partial charge in [-0.2, -0.15) is 0 Å². The van der Waals surface area contributed by atoms with E-state index in [1.807, 2.05) is 6.07 Å². The SMILES string of the molecule is c1cnc(OC2CCN(CC3[C@H]4CNC[C@@H]34)CC2)nc1. The molecule has 20 heavy (non-hydrogen) atoms. The number of rotatable bonds is 4. The molecular weight excluding hydrogens is 252 g/mol. The Bertz CT molecular complexity index is 436. The fourth-order valence-electron chi connectivity index (χ4n) is 3.82. The molecule has 1 aromatic heterocycles. The number of likely N-dealkylation sites (tertiary alicyclic amines) is 1. The summed E-state index contributed by atoms with van der Waals surface area (Å²) >= 11 is 0. The van der Waals surface area contributed by atoms with Gasteiger partial charge in [0.2, 0.25) is 0 Å². The van der Waals surface area contributed by atoms with Crippen LogP contribution in [0.5, 0.6) is 6.01 Å². The van der Waals surface area contributed by atoms with Gasteiger partial charge in [-0.05, 0) is 49.8 Å². The van der Waals surface area contributed by atoms with Crippen molar-refractivity contribution in [2.75, 3.05) is 32.7 Å². The van der Waals surface area contributed by atoms with Gasteiger partial charge in [0.15, 0.2) is 0 Å². The number of nitrogens with one attached hydrogen (secondary N) is 1. The normalized spacial score (nSPS) is 33.9. The number of piperidine rings is 2. The van der Waals surface area contributed by atoms with Gasteiger partial charge in [-0.15, -0.1) is 0 Å². The summed E-state index contributed by atoms with van der Waals surface area (Å²) in [4.78, 5) is 10.9. The van der Waals surface area contributed by atoms with E-state index < -0.39 is 0 Å². The first kappa shape index (κ1) is 12.5. The molecular formula is C15H22N4O. The summed E-state index contributed by atoms with van der Waals surface area (Å²) in [5.41, 5.74) is 0. The Kier molecular flexibility index (Phi) is 3.32. The van der Waals surface area contributed by atoms with E-state index in [0.29, 0.717) is 6.01 Å². The maximum Gasteiger partial charge on any atom is 0.316 e. The van der Waals surface area contributed by atoms with Crippen LogP contribution in [0.3, 0.4) is 0 Å². The molecule has 1 aliphatic carbocycles. The number of ether oxygens (including phenoxy) is 1. The van der Waals surface area contributed by atoms with Crippen LogP contribution in [0.25, 0.3) is 0 Å².